The van der Waals surface area contributed by atoms with Crippen LogP contribution in [0.4, 0.5) is 10.1 Å². The summed E-state index contributed by atoms with van der Waals surface area (Å²) in [5.74, 6) is -0.0211. The monoisotopic (exact) mass is 340 g/mol. The predicted octanol–water partition coefficient (Wildman–Crippen LogP) is 2.46. The Labute approximate surface area is 146 Å². The third-order valence-electron chi connectivity index (χ3n) is 4.96. The lowest BCUT2D eigenvalue weighted by Crippen LogP contribution is -2.39. The second-order valence-electron chi connectivity index (χ2n) is 6.92. The van der Waals surface area contributed by atoms with Crippen molar-refractivity contribution < 1.29 is 9.18 Å². The summed E-state index contributed by atoms with van der Waals surface area (Å²) in [5.41, 5.74) is 3.82. The van der Waals surface area contributed by atoms with Gasteiger partial charge < -0.3 is 0 Å². The third-order valence-corrected chi connectivity index (χ3v) is 4.96. The molecule has 0 aliphatic carbocycles. The van der Waals surface area contributed by atoms with Crippen molar-refractivity contribution in [3.63, 3.8) is 0 Å². The molecule has 0 spiro atoms. The van der Waals surface area contributed by atoms with Crippen molar-refractivity contribution >= 4 is 17.2 Å². The molecule has 2 aliphatic rings. The Morgan fingerprint density at radius 2 is 2.28 bits per heavy atom. The first-order valence-electron chi connectivity index (χ1n) is 8.67. The van der Waals surface area contributed by atoms with Gasteiger partial charge in [0.15, 0.2) is 5.78 Å². The van der Waals surface area contributed by atoms with Gasteiger partial charge in [-0.25, -0.2) is 4.39 Å². The molecule has 0 saturated carbocycles. The van der Waals surface area contributed by atoms with Crippen LogP contribution in [0, 0.1) is 5.82 Å². The van der Waals surface area contributed by atoms with Crippen molar-refractivity contribution in [1.29, 1.82) is 0 Å². The minimum absolute atomic E-state index is 0.188. The molecule has 1 saturated heterocycles. The molecule has 1 fully saturated rings. The van der Waals surface area contributed by atoms with Crippen LogP contribution in [0.2, 0.25) is 0 Å². The maximum Gasteiger partial charge on any atom is 0.151 e. The topological polar surface area (TPSA) is 50.5 Å². The summed E-state index contributed by atoms with van der Waals surface area (Å²) in [6.45, 7) is 1.34. The van der Waals surface area contributed by atoms with E-state index in [-0.39, 0.29) is 17.6 Å². The summed E-state index contributed by atoms with van der Waals surface area (Å²) < 4.78 is 15.1. The molecule has 0 N–H and O–H groups in total. The number of likely N-dealkylation sites (tertiary alicyclic amines) is 1. The first-order chi connectivity index (χ1) is 12.1. The molecule has 0 radical (unpaired) electrons. The van der Waals surface area contributed by atoms with Gasteiger partial charge in [-0.05, 0) is 48.7 Å². The third kappa shape index (κ3) is 3.39. The maximum atomic E-state index is 13.4. The maximum absolute atomic E-state index is 13.4. The first-order valence-corrected chi connectivity index (χ1v) is 8.67. The first kappa shape index (κ1) is 16.1. The number of aliphatic imine (C=N–C) groups is 1. The minimum atomic E-state index is -0.217. The van der Waals surface area contributed by atoms with Crippen molar-refractivity contribution in [2.75, 3.05) is 13.1 Å². The fourth-order valence-corrected chi connectivity index (χ4v) is 3.85. The van der Waals surface area contributed by atoms with Crippen molar-refractivity contribution in [1.82, 2.24) is 14.7 Å². The van der Waals surface area contributed by atoms with Gasteiger partial charge in [0.05, 0.1) is 18.4 Å². The molecule has 3 heterocycles. The molecule has 2 aliphatic heterocycles. The number of nitrogens with zero attached hydrogens (tertiary/aromatic N) is 4. The Kier molecular flexibility index (Phi) is 4.21. The molecule has 2 aromatic rings. The molecule has 25 heavy (non-hydrogen) atoms. The van der Waals surface area contributed by atoms with Gasteiger partial charge in [-0.3, -0.25) is 19.4 Å². The second-order valence-corrected chi connectivity index (χ2v) is 6.92. The number of carbonyl (C=O) groups is 1. The van der Waals surface area contributed by atoms with Crippen LogP contribution in [-0.2, 0) is 24.7 Å². The highest BCUT2D eigenvalue weighted by molar-refractivity contribution is 5.98. The van der Waals surface area contributed by atoms with E-state index in [1.165, 1.54) is 6.07 Å². The van der Waals surface area contributed by atoms with Crippen LogP contribution in [0.1, 0.15) is 24.0 Å². The molecule has 1 aromatic carbocycles. The summed E-state index contributed by atoms with van der Waals surface area (Å²) in [7, 11) is 1.85. The summed E-state index contributed by atoms with van der Waals surface area (Å²) in [6, 6.07) is 4.95. The van der Waals surface area contributed by atoms with Crippen LogP contribution in [0.5, 0.6) is 0 Å². The highest BCUT2D eigenvalue weighted by atomic mass is 19.1. The number of Topliss-reactive ketones (excluding diaryl/α,β-unsaturated/α-hetero) is 1. The Balaban J connectivity index is 1.42. The SMILES string of the molecule is Cn1cc(CC(=O)CN2CCCC2C2=Nc3ccc(F)cc3C2)cn1. The van der Waals surface area contributed by atoms with E-state index in [1.807, 2.05) is 13.2 Å². The number of rotatable bonds is 5. The zero-order valence-electron chi connectivity index (χ0n) is 14.3. The number of hydrogen-bond donors (Lipinski definition) is 0. The van der Waals surface area contributed by atoms with Crippen LogP contribution in [0.3, 0.4) is 0 Å². The molecule has 1 atom stereocenters. The van der Waals surface area contributed by atoms with E-state index in [4.69, 9.17) is 4.99 Å². The molecule has 4 rings (SSSR count). The molecule has 1 unspecified atom stereocenters. The van der Waals surface area contributed by atoms with Crippen molar-refractivity contribution in [3.05, 3.63) is 47.5 Å². The van der Waals surface area contributed by atoms with Crippen LogP contribution in [0.25, 0.3) is 0 Å². The van der Waals surface area contributed by atoms with Gasteiger partial charge in [-0.15, -0.1) is 0 Å². The number of hydrogen-bond acceptors (Lipinski definition) is 4. The number of fused-ring (bicyclic) bond motifs is 1. The highest BCUT2D eigenvalue weighted by Gasteiger charge is 2.32. The van der Waals surface area contributed by atoms with Crippen LogP contribution < -0.4 is 0 Å². The molecule has 130 valence electrons. The molecule has 6 heteroatoms. The standard InChI is InChI=1S/C19H21FN4O/c1-23-11-13(10-21-23)7-16(25)12-24-6-2-3-19(24)18-9-14-8-15(20)4-5-17(14)22-18/h4-5,8,10-11,19H,2-3,6-7,9,12H2,1H3. The Morgan fingerprint density at radius 3 is 3.08 bits per heavy atom. The van der Waals surface area contributed by atoms with Gasteiger partial charge in [0, 0.05) is 37.8 Å². The summed E-state index contributed by atoms with van der Waals surface area (Å²) in [5, 5.41) is 4.11. The van der Waals surface area contributed by atoms with Crippen LogP contribution in [0.15, 0.2) is 35.6 Å². The lowest BCUT2D eigenvalue weighted by molar-refractivity contribution is -0.119. The smallest absolute Gasteiger partial charge is 0.151 e. The molecule has 5 nitrogen and oxygen atoms in total. The normalized spacial score (nSPS) is 19.9. The average molecular weight is 340 g/mol. The lowest BCUT2D eigenvalue weighted by Gasteiger charge is -2.23. The summed E-state index contributed by atoms with van der Waals surface area (Å²) in [6.07, 6.45) is 6.79. The molecule has 0 bridgehead atoms. The molecule has 0 amide bonds. The Morgan fingerprint density at radius 1 is 1.40 bits per heavy atom. The van der Waals surface area contributed by atoms with E-state index in [0.717, 1.165) is 41.9 Å². The van der Waals surface area contributed by atoms with Gasteiger partial charge in [0.2, 0.25) is 0 Å². The summed E-state index contributed by atoms with van der Waals surface area (Å²) >= 11 is 0. The fourth-order valence-electron chi connectivity index (χ4n) is 3.85. The van der Waals surface area contributed by atoms with E-state index in [2.05, 4.69) is 10.00 Å². The van der Waals surface area contributed by atoms with Crippen LogP contribution in [-0.4, -0.2) is 45.3 Å². The van der Waals surface area contributed by atoms with E-state index in [9.17, 15) is 9.18 Å². The lowest BCUT2D eigenvalue weighted by atomic mass is 10.0. The highest BCUT2D eigenvalue weighted by Crippen LogP contribution is 2.31. The van der Waals surface area contributed by atoms with Gasteiger partial charge in [-0.2, -0.15) is 5.10 Å². The number of aromatic nitrogens is 2. The van der Waals surface area contributed by atoms with E-state index in [0.29, 0.717) is 19.4 Å². The Bertz CT molecular complexity index is 842. The number of benzene rings is 1. The second kappa shape index (κ2) is 6.52. The van der Waals surface area contributed by atoms with E-state index >= 15 is 0 Å². The fraction of sp³-hybridized carbons (Fsp3) is 0.421. The Hall–Kier alpha value is -2.34. The largest absolute Gasteiger partial charge is 0.298 e. The molecule has 1 aromatic heterocycles. The van der Waals surface area contributed by atoms with E-state index in [1.54, 1.807) is 23.0 Å². The van der Waals surface area contributed by atoms with E-state index < -0.39 is 0 Å². The van der Waals surface area contributed by atoms with Gasteiger partial charge in [-0.1, -0.05) is 0 Å². The predicted molar refractivity (Wildman–Crippen MR) is 93.7 cm³/mol. The van der Waals surface area contributed by atoms with Crippen molar-refractivity contribution in [2.45, 2.75) is 31.7 Å². The zero-order chi connectivity index (χ0) is 17.4. The quantitative estimate of drug-likeness (QED) is 0.840. The van der Waals surface area contributed by atoms with Gasteiger partial charge in [0.1, 0.15) is 5.82 Å². The molecular formula is C19H21FN4O. The van der Waals surface area contributed by atoms with Crippen molar-refractivity contribution in [2.24, 2.45) is 12.0 Å². The van der Waals surface area contributed by atoms with Gasteiger partial charge in [0.25, 0.3) is 0 Å². The number of halogens is 1. The average Bonchev–Trinajstić information content (AvgIpc) is 3.26. The number of carbonyl (C=O) groups excluding carboxylic acids is 1. The summed E-state index contributed by atoms with van der Waals surface area (Å²) in [4.78, 5) is 19.4. The van der Waals surface area contributed by atoms with Gasteiger partial charge >= 0.3 is 0 Å². The minimum Gasteiger partial charge on any atom is -0.298 e. The van der Waals surface area contributed by atoms with Crippen molar-refractivity contribution in [3.8, 4) is 0 Å². The zero-order valence-corrected chi connectivity index (χ0v) is 14.3. The van der Waals surface area contributed by atoms with Crippen LogP contribution >= 0.6 is 0 Å². The number of aryl methyl sites for hydroxylation is 1. The molecular weight excluding hydrogens is 319 g/mol. The number of ketones is 1.